The first-order valence-corrected chi connectivity index (χ1v) is 10.3. The highest BCUT2D eigenvalue weighted by Crippen LogP contribution is 2.31. The van der Waals surface area contributed by atoms with Crippen LogP contribution >= 0.6 is 11.3 Å². The van der Waals surface area contributed by atoms with E-state index in [0.717, 1.165) is 29.7 Å². The second-order valence-corrected chi connectivity index (χ2v) is 7.30. The maximum Gasteiger partial charge on any atom is 0.328 e. The lowest BCUT2D eigenvalue weighted by Crippen LogP contribution is -2.29. The van der Waals surface area contributed by atoms with Crippen molar-refractivity contribution in [2.24, 2.45) is 0 Å². The monoisotopic (exact) mass is 400 g/mol. The summed E-state index contributed by atoms with van der Waals surface area (Å²) in [7, 11) is 0. The number of nitrogens with zero attached hydrogens (tertiary/aromatic N) is 2. The maximum absolute atomic E-state index is 13.1. The van der Waals surface area contributed by atoms with Gasteiger partial charge in [0, 0.05) is 10.9 Å². The van der Waals surface area contributed by atoms with Gasteiger partial charge < -0.3 is 9.47 Å². The summed E-state index contributed by atoms with van der Waals surface area (Å²) < 4.78 is 12.1. The van der Waals surface area contributed by atoms with E-state index in [1.807, 2.05) is 43.5 Å². The van der Waals surface area contributed by atoms with Crippen molar-refractivity contribution in [2.75, 3.05) is 13.2 Å². The number of aromatic nitrogens is 2. The molecular formula is C21H24N2O4S. The molecule has 0 aliphatic rings. The Labute approximate surface area is 167 Å². The Morgan fingerprint density at radius 1 is 1.25 bits per heavy atom. The average Bonchev–Trinajstić information content (AvgIpc) is 3.14. The van der Waals surface area contributed by atoms with Crippen molar-refractivity contribution in [3.8, 4) is 16.9 Å². The number of rotatable bonds is 8. The zero-order valence-corrected chi connectivity index (χ0v) is 17.1. The van der Waals surface area contributed by atoms with Gasteiger partial charge in [0.1, 0.15) is 16.6 Å². The second-order valence-electron chi connectivity index (χ2n) is 6.44. The summed E-state index contributed by atoms with van der Waals surface area (Å²) in [5.74, 6) is 0.360. The molecule has 0 aliphatic heterocycles. The first-order valence-electron chi connectivity index (χ1n) is 9.45. The van der Waals surface area contributed by atoms with Gasteiger partial charge in [0.15, 0.2) is 0 Å². The zero-order valence-electron chi connectivity index (χ0n) is 16.3. The van der Waals surface area contributed by atoms with E-state index >= 15 is 0 Å². The molecule has 2 aromatic heterocycles. The summed E-state index contributed by atoms with van der Waals surface area (Å²) >= 11 is 1.41. The molecule has 0 fully saturated rings. The molecule has 148 valence electrons. The van der Waals surface area contributed by atoms with Crippen LogP contribution in [0.25, 0.3) is 21.3 Å². The minimum absolute atomic E-state index is 0.241. The quantitative estimate of drug-likeness (QED) is 0.413. The number of hydrogen-bond donors (Lipinski definition) is 0. The molecular weight excluding hydrogens is 376 g/mol. The van der Waals surface area contributed by atoms with Crippen LogP contribution < -0.4 is 10.3 Å². The predicted octanol–water partition coefficient (Wildman–Crippen LogP) is 4.43. The molecule has 3 rings (SSSR count). The van der Waals surface area contributed by atoms with Crippen molar-refractivity contribution in [2.45, 2.75) is 39.7 Å². The lowest BCUT2D eigenvalue weighted by atomic mass is 10.1. The van der Waals surface area contributed by atoms with Crippen LogP contribution in [0.2, 0.25) is 0 Å². The topological polar surface area (TPSA) is 70.4 Å². The van der Waals surface area contributed by atoms with E-state index in [4.69, 9.17) is 9.47 Å². The summed E-state index contributed by atoms with van der Waals surface area (Å²) in [4.78, 5) is 30.4. The SMILES string of the molecule is CCCCOC(=O)[C@H](C)n1cnc2scc(-c3ccc(OCC)cc3)c2c1=O. The minimum Gasteiger partial charge on any atom is -0.494 e. The molecule has 1 aromatic carbocycles. The molecule has 0 N–H and O–H groups in total. The number of carbonyl (C=O) groups excluding carboxylic acids is 1. The Bertz CT molecular complexity index is 1010. The molecule has 1 atom stereocenters. The van der Waals surface area contributed by atoms with Crippen molar-refractivity contribution >= 4 is 27.5 Å². The fourth-order valence-electron chi connectivity index (χ4n) is 2.88. The predicted molar refractivity (Wildman–Crippen MR) is 111 cm³/mol. The number of esters is 1. The summed E-state index contributed by atoms with van der Waals surface area (Å²) in [5.41, 5.74) is 1.47. The van der Waals surface area contributed by atoms with Gasteiger partial charge in [-0.2, -0.15) is 0 Å². The van der Waals surface area contributed by atoms with Crippen molar-refractivity contribution < 1.29 is 14.3 Å². The van der Waals surface area contributed by atoms with E-state index in [-0.39, 0.29) is 5.56 Å². The summed E-state index contributed by atoms with van der Waals surface area (Å²) in [6, 6.07) is 6.88. The standard InChI is InChI=1S/C21H24N2O4S/c1-4-6-11-27-21(25)14(3)23-13-22-19-18(20(23)24)17(12-28-19)15-7-9-16(10-8-15)26-5-2/h7-10,12-14H,4-6,11H2,1-3H3/t14-/m0/s1. The van der Waals surface area contributed by atoms with Crippen molar-refractivity contribution in [3.05, 3.63) is 46.3 Å². The summed E-state index contributed by atoms with van der Waals surface area (Å²) in [6.45, 7) is 6.58. The van der Waals surface area contributed by atoms with Crippen LogP contribution in [0.15, 0.2) is 40.8 Å². The zero-order chi connectivity index (χ0) is 20.1. The normalized spacial score (nSPS) is 12.1. The van der Waals surface area contributed by atoms with Crippen molar-refractivity contribution in [3.63, 3.8) is 0 Å². The van der Waals surface area contributed by atoms with E-state index in [1.165, 1.54) is 22.2 Å². The van der Waals surface area contributed by atoms with E-state index < -0.39 is 12.0 Å². The first kappa shape index (κ1) is 20.1. The van der Waals surface area contributed by atoms with Gasteiger partial charge >= 0.3 is 5.97 Å². The summed E-state index contributed by atoms with van der Waals surface area (Å²) in [5, 5.41) is 2.44. The van der Waals surface area contributed by atoms with Crippen LogP contribution in [0, 0.1) is 0 Å². The Morgan fingerprint density at radius 3 is 2.68 bits per heavy atom. The smallest absolute Gasteiger partial charge is 0.328 e. The maximum atomic E-state index is 13.1. The third kappa shape index (κ3) is 4.09. The van der Waals surface area contributed by atoms with E-state index in [0.29, 0.717) is 23.4 Å². The molecule has 28 heavy (non-hydrogen) atoms. The van der Waals surface area contributed by atoms with Crippen LogP contribution in [-0.2, 0) is 9.53 Å². The molecule has 0 saturated carbocycles. The molecule has 2 heterocycles. The van der Waals surface area contributed by atoms with Gasteiger partial charge in [0.25, 0.3) is 5.56 Å². The number of ether oxygens (including phenoxy) is 2. The Morgan fingerprint density at radius 2 is 2.00 bits per heavy atom. The molecule has 0 aliphatic carbocycles. The van der Waals surface area contributed by atoms with Crippen LogP contribution in [0.1, 0.15) is 39.7 Å². The van der Waals surface area contributed by atoms with E-state index in [9.17, 15) is 9.59 Å². The second kappa shape index (κ2) is 9.01. The van der Waals surface area contributed by atoms with Gasteiger partial charge in [-0.15, -0.1) is 11.3 Å². The van der Waals surface area contributed by atoms with Crippen LogP contribution in [-0.4, -0.2) is 28.7 Å². The third-order valence-electron chi connectivity index (χ3n) is 4.50. The molecule has 0 unspecified atom stereocenters. The van der Waals surface area contributed by atoms with Crippen LogP contribution in [0.4, 0.5) is 0 Å². The molecule has 6 nitrogen and oxygen atoms in total. The lowest BCUT2D eigenvalue weighted by molar-refractivity contribution is -0.147. The van der Waals surface area contributed by atoms with Gasteiger partial charge in [0.05, 0.1) is 24.9 Å². The first-order chi connectivity index (χ1) is 13.6. The fourth-order valence-corrected chi connectivity index (χ4v) is 3.79. The molecule has 0 bridgehead atoms. The fraction of sp³-hybridized carbons (Fsp3) is 0.381. The molecule has 0 amide bonds. The van der Waals surface area contributed by atoms with Gasteiger partial charge in [-0.25, -0.2) is 9.78 Å². The number of unbranched alkanes of at least 4 members (excludes halogenated alkanes) is 1. The summed E-state index contributed by atoms with van der Waals surface area (Å²) in [6.07, 6.45) is 3.17. The van der Waals surface area contributed by atoms with Gasteiger partial charge in [-0.05, 0) is 38.0 Å². The van der Waals surface area contributed by atoms with Gasteiger partial charge in [0.2, 0.25) is 0 Å². The number of benzene rings is 1. The van der Waals surface area contributed by atoms with E-state index in [1.54, 1.807) is 6.92 Å². The molecule has 0 saturated heterocycles. The average molecular weight is 401 g/mol. The highest BCUT2D eigenvalue weighted by atomic mass is 32.1. The van der Waals surface area contributed by atoms with Gasteiger partial charge in [-0.3, -0.25) is 9.36 Å². The Hall–Kier alpha value is -2.67. The van der Waals surface area contributed by atoms with Crippen molar-refractivity contribution in [1.29, 1.82) is 0 Å². The highest BCUT2D eigenvalue weighted by molar-refractivity contribution is 7.17. The van der Waals surface area contributed by atoms with Crippen molar-refractivity contribution in [1.82, 2.24) is 9.55 Å². The van der Waals surface area contributed by atoms with Crippen LogP contribution in [0.5, 0.6) is 5.75 Å². The number of thiophene rings is 1. The van der Waals surface area contributed by atoms with Crippen LogP contribution in [0.3, 0.4) is 0 Å². The molecule has 0 spiro atoms. The molecule has 7 heteroatoms. The highest BCUT2D eigenvalue weighted by Gasteiger charge is 2.21. The lowest BCUT2D eigenvalue weighted by Gasteiger charge is -2.14. The van der Waals surface area contributed by atoms with E-state index in [2.05, 4.69) is 4.98 Å². The Balaban J connectivity index is 1.96. The Kier molecular flexibility index (Phi) is 6.46. The third-order valence-corrected chi connectivity index (χ3v) is 5.38. The van der Waals surface area contributed by atoms with Gasteiger partial charge in [-0.1, -0.05) is 25.5 Å². The number of fused-ring (bicyclic) bond motifs is 1. The molecule has 0 radical (unpaired) electrons. The number of carbonyl (C=O) groups is 1. The molecule has 3 aromatic rings. The number of hydrogen-bond acceptors (Lipinski definition) is 6. The minimum atomic E-state index is -0.727. The largest absolute Gasteiger partial charge is 0.494 e.